The molecule has 1 atom stereocenters. The maximum atomic E-state index is 11.3. The minimum absolute atomic E-state index is 0.000825. The number of hydrogen-bond acceptors (Lipinski definition) is 11. The summed E-state index contributed by atoms with van der Waals surface area (Å²) < 4.78 is 12.2. The maximum absolute atomic E-state index is 11.3. The molecule has 0 unspecified atom stereocenters. The lowest BCUT2D eigenvalue weighted by Gasteiger charge is -2.16. The Morgan fingerprint density at radius 1 is 1.22 bits per heavy atom. The van der Waals surface area contributed by atoms with Crippen molar-refractivity contribution in [3.05, 3.63) is 47.5 Å². The van der Waals surface area contributed by atoms with Crippen molar-refractivity contribution >= 4 is 28.8 Å². The molecule has 0 aliphatic heterocycles. The van der Waals surface area contributed by atoms with Gasteiger partial charge in [-0.15, -0.1) is 0 Å². The summed E-state index contributed by atoms with van der Waals surface area (Å²) in [5.74, 6) is 0.869. The number of aliphatic hydroxyl groups is 1. The van der Waals surface area contributed by atoms with Gasteiger partial charge in [-0.25, -0.2) is 9.61 Å². The summed E-state index contributed by atoms with van der Waals surface area (Å²) in [6, 6.07) is 7.44. The van der Waals surface area contributed by atoms with Gasteiger partial charge in [-0.2, -0.15) is 9.97 Å². The van der Waals surface area contributed by atoms with Gasteiger partial charge in [0.2, 0.25) is 5.95 Å². The zero-order chi connectivity index (χ0) is 25.7. The molecule has 4 rings (SSSR count). The maximum Gasteiger partial charge on any atom is 0.273 e. The summed E-state index contributed by atoms with van der Waals surface area (Å²) >= 11 is 0. The van der Waals surface area contributed by atoms with Crippen LogP contribution in [0.3, 0.4) is 0 Å². The number of nitrogens with two attached hydrogens (primary N) is 1. The zero-order valence-electron chi connectivity index (χ0n) is 20.3. The molecule has 0 aliphatic carbocycles. The Bertz CT molecular complexity index is 1310. The number of benzene rings is 1. The summed E-state index contributed by atoms with van der Waals surface area (Å²) in [5, 5.41) is 23.2. The van der Waals surface area contributed by atoms with Crippen molar-refractivity contribution in [2.75, 3.05) is 17.2 Å². The summed E-state index contributed by atoms with van der Waals surface area (Å²) in [6.07, 6.45) is 2.48. The zero-order valence-corrected chi connectivity index (χ0v) is 20.3. The van der Waals surface area contributed by atoms with Crippen LogP contribution in [0.5, 0.6) is 5.75 Å². The first-order valence-corrected chi connectivity index (χ1v) is 11.6. The van der Waals surface area contributed by atoms with E-state index in [2.05, 4.69) is 54.4 Å². The van der Waals surface area contributed by atoms with Crippen molar-refractivity contribution in [3.63, 3.8) is 0 Å². The highest BCUT2D eigenvalue weighted by molar-refractivity contribution is 5.91. The van der Waals surface area contributed by atoms with Crippen LogP contribution in [0.25, 0.3) is 11.2 Å². The molecule has 0 saturated heterocycles. The average molecular weight is 496 g/mol. The molecule has 0 spiro atoms. The number of hydrogen-bond donors (Lipinski definition) is 4. The Kier molecular flexibility index (Phi) is 7.59. The van der Waals surface area contributed by atoms with Gasteiger partial charge in [-0.05, 0) is 43.1 Å². The SMILES string of the molecule is CC[C@H](CO)Nc1nc(NCc2ccc(OCc3nonc3C(N)=O)cc2)c2ncn(C(C)C)c2n1. The third-order valence-corrected chi connectivity index (χ3v) is 5.57. The fourth-order valence-electron chi connectivity index (χ4n) is 3.47. The van der Waals surface area contributed by atoms with E-state index in [4.69, 9.17) is 10.5 Å². The van der Waals surface area contributed by atoms with Gasteiger partial charge in [-0.1, -0.05) is 24.2 Å². The average Bonchev–Trinajstić information content (AvgIpc) is 3.52. The Morgan fingerprint density at radius 3 is 2.67 bits per heavy atom. The molecular weight excluding hydrogens is 466 g/mol. The number of nitrogens with zero attached hydrogens (tertiary/aromatic N) is 6. The Balaban J connectivity index is 1.47. The quantitative estimate of drug-likeness (QED) is 0.226. The highest BCUT2D eigenvalue weighted by Gasteiger charge is 2.17. The second-order valence-electron chi connectivity index (χ2n) is 8.46. The lowest BCUT2D eigenvalue weighted by Crippen LogP contribution is -2.24. The first kappa shape index (κ1) is 24.9. The van der Waals surface area contributed by atoms with E-state index in [1.807, 2.05) is 23.6 Å². The van der Waals surface area contributed by atoms with Crippen molar-refractivity contribution < 1.29 is 19.3 Å². The number of ether oxygens (including phenoxy) is 1. The van der Waals surface area contributed by atoms with Crippen LogP contribution in [0.4, 0.5) is 11.8 Å². The number of primary amides is 1. The van der Waals surface area contributed by atoms with Crippen LogP contribution in [-0.2, 0) is 13.2 Å². The molecule has 13 heteroatoms. The van der Waals surface area contributed by atoms with Crippen molar-refractivity contribution in [2.45, 2.75) is 52.4 Å². The Hall–Kier alpha value is -4.26. The number of aromatic nitrogens is 6. The van der Waals surface area contributed by atoms with E-state index in [1.54, 1.807) is 18.5 Å². The first-order chi connectivity index (χ1) is 17.4. The number of carbonyl (C=O) groups is 1. The molecule has 190 valence electrons. The molecular formula is C23H29N9O4. The topological polar surface area (TPSA) is 179 Å². The van der Waals surface area contributed by atoms with Gasteiger partial charge in [-0.3, -0.25) is 4.79 Å². The molecule has 36 heavy (non-hydrogen) atoms. The summed E-state index contributed by atoms with van der Waals surface area (Å²) in [4.78, 5) is 25.1. The van der Waals surface area contributed by atoms with Crippen LogP contribution in [0.2, 0.25) is 0 Å². The molecule has 3 heterocycles. The van der Waals surface area contributed by atoms with E-state index in [-0.39, 0.29) is 36.7 Å². The van der Waals surface area contributed by atoms with E-state index < -0.39 is 5.91 Å². The third kappa shape index (κ3) is 5.51. The van der Waals surface area contributed by atoms with Gasteiger partial charge in [0.1, 0.15) is 12.4 Å². The minimum Gasteiger partial charge on any atom is -0.487 e. The number of amides is 1. The van der Waals surface area contributed by atoms with E-state index in [0.717, 1.165) is 12.0 Å². The van der Waals surface area contributed by atoms with Crippen LogP contribution in [0, 0.1) is 0 Å². The molecule has 0 aliphatic rings. The van der Waals surface area contributed by atoms with E-state index in [9.17, 15) is 9.90 Å². The Morgan fingerprint density at radius 2 is 2.00 bits per heavy atom. The van der Waals surface area contributed by atoms with Crippen LogP contribution >= 0.6 is 0 Å². The fraction of sp³-hybridized carbons (Fsp3) is 0.391. The van der Waals surface area contributed by atoms with Gasteiger partial charge < -0.3 is 30.8 Å². The molecule has 0 saturated carbocycles. The predicted octanol–water partition coefficient (Wildman–Crippen LogP) is 2.26. The van der Waals surface area contributed by atoms with Gasteiger partial charge >= 0.3 is 0 Å². The standard InChI is InChI=1S/C23H29N9O4/c1-4-15(10-33)27-23-28-21(19-22(29-23)32(12-26-19)13(2)3)25-9-14-5-7-16(8-6-14)35-11-17-18(20(24)34)31-36-30-17/h5-8,12-13,15,33H,4,9-11H2,1-3H3,(H2,24,34)(H2,25,27,28,29)/t15-/m1/s1. The monoisotopic (exact) mass is 495 g/mol. The van der Waals surface area contributed by atoms with Crippen molar-refractivity contribution in [3.8, 4) is 5.75 Å². The lowest BCUT2D eigenvalue weighted by atomic mass is 10.2. The fourth-order valence-corrected chi connectivity index (χ4v) is 3.47. The van der Waals surface area contributed by atoms with Crippen LogP contribution in [0.15, 0.2) is 35.2 Å². The normalized spacial score (nSPS) is 12.1. The molecule has 5 N–H and O–H groups in total. The largest absolute Gasteiger partial charge is 0.487 e. The summed E-state index contributed by atoms with van der Waals surface area (Å²) in [6.45, 7) is 6.56. The molecule has 3 aromatic heterocycles. The number of anilines is 2. The number of imidazole rings is 1. The molecule has 4 aromatic rings. The first-order valence-electron chi connectivity index (χ1n) is 11.6. The van der Waals surface area contributed by atoms with Crippen molar-refractivity contribution in [1.29, 1.82) is 0 Å². The number of aliphatic hydroxyl groups excluding tert-OH is 1. The van der Waals surface area contributed by atoms with E-state index in [0.29, 0.717) is 35.2 Å². The highest BCUT2D eigenvalue weighted by Crippen LogP contribution is 2.24. The number of carbonyl (C=O) groups excluding carboxylic acids is 1. The molecule has 1 amide bonds. The van der Waals surface area contributed by atoms with Crippen molar-refractivity contribution in [1.82, 2.24) is 29.8 Å². The highest BCUT2D eigenvalue weighted by atomic mass is 16.6. The smallest absolute Gasteiger partial charge is 0.273 e. The van der Waals surface area contributed by atoms with Crippen LogP contribution in [-0.4, -0.2) is 53.5 Å². The minimum atomic E-state index is -0.728. The van der Waals surface area contributed by atoms with Crippen molar-refractivity contribution in [2.24, 2.45) is 5.73 Å². The molecule has 13 nitrogen and oxygen atoms in total. The summed E-state index contributed by atoms with van der Waals surface area (Å²) in [7, 11) is 0. The van der Waals surface area contributed by atoms with Crippen LogP contribution in [0.1, 0.15) is 55.0 Å². The summed E-state index contributed by atoms with van der Waals surface area (Å²) in [5.41, 5.74) is 7.77. The number of nitrogens with one attached hydrogen (secondary N) is 2. The predicted molar refractivity (Wildman–Crippen MR) is 131 cm³/mol. The molecule has 0 radical (unpaired) electrons. The van der Waals surface area contributed by atoms with Gasteiger partial charge in [0.25, 0.3) is 5.91 Å². The Labute approximate surface area is 207 Å². The van der Waals surface area contributed by atoms with E-state index >= 15 is 0 Å². The number of rotatable bonds is 12. The second kappa shape index (κ2) is 11.0. The second-order valence-corrected chi connectivity index (χ2v) is 8.46. The van der Waals surface area contributed by atoms with Gasteiger partial charge in [0.15, 0.2) is 28.4 Å². The molecule has 1 aromatic carbocycles. The van der Waals surface area contributed by atoms with Gasteiger partial charge in [0, 0.05) is 12.6 Å². The van der Waals surface area contributed by atoms with Gasteiger partial charge in [0.05, 0.1) is 19.0 Å². The van der Waals surface area contributed by atoms with E-state index in [1.165, 1.54) is 0 Å². The third-order valence-electron chi connectivity index (χ3n) is 5.57. The van der Waals surface area contributed by atoms with Crippen LogP contribution < -0.4 is 21.1 Å². The molecule has 0 fully saturated rings. The number of fused-ring (bicyclic) bond motifs is 1. The molecule has 0 bridgehead atoms. The lowest BCUT2D eigenvalue weighted by molar-refractivity contribution is 0.0989.